The number of thioether (sulfide) groups is 1. The largest absolute Gasteiger partial charge is 0.477 e. The van der Waals surface area contributed by atoms with Crippen molar-refractivity contribution in [1.82, 2.24) is 10.2 Å². The van der Waals surface area contributed by atoms with E-state index in [0.29, 0.717) is 11.1 Å². The monoisotopic (exact) mass is 411 g/mol. The quantitative estimate of drug-likeness (QED) is 0.441. The molecule has 1 aromatic rings. The van der Waals surface area contributed by atoms with Gasteiger partial charge in [-0.3, -0.25) is 19.3 Å². The number of nitrogens with two attached hydrogens (primary N) is 1. The summed E-state index contributed by atoms with van der Waals surface area (Å²) in [4.78, 5) is 48.6. The molecule has 9 nitrogen and oxygen atoms in total. The molecule has 0 radical (unpaired) electrons. The Kier molecular flexibility index (Phi) is 5.53. The van der Waals surface area contributed by atoms with Crippen molar-refractivity contribution in [1.29, 1.82) is 0 Å². The summed E-state index contributed by atoms with van der Waals surface area (Å²) in [7, 11) is 0. The molecule has 0 saturated carbocycles. The van der Waals surface area contributed by atoms with Crippen LogP contribution in [-0.2, 0) is 23.9 Å². The highest BCUT2D eigenvalue weighted by Gasteiger charge is 2.54. The Morgan fingerprint density at radius 3 is 2.81 bits per heavy atom. The van der Waals surface area contributed by atoms with Crippen LogP contribution < -0.4 is 11.1 Å². The predicted octanol–water partition coefficient (Wildman–Crippen LogP) is 0.0496. The zero-order valence-electron chi connectivity index (χ0n) is 14.2. The summed E-state index contributed by atoms with van der Waals surface area (Å²) in [6.45, 7) is 1.03. The normalized spacial score (nSPS) is 22.6. The van der Waals surface area contributed by atoms with Crippen molar-refractivity contribution in [2.45, 2.75) is 24.4 Å². The molecule has 2 aliphatic rings. The molecule has 0 aliphatic carbocycles. The second kappa shape index (κ2) is 7.71. The van der Waals surface area contributed by atoms with Crippen LogP contribution in [-0.4, -0.2) is 57.5 Å². The third kappa shape index (κ3) is 3.70. The Hall–Kier alpha value is -2.37. The first-order valence-electron chi connectivity index (χ1n) is 7.92. The summed E-state index contributed by atoms with van der Waals surface area (Å²) in [5, 5.41) is 15.1. The zero-order valence-corrected chi connectivity index (χ0v) is 15.8. The Labute approximate surface area is 162 Å². The van der Waals surface area contributed by atoms with Gasteiger partial charge in [-0.25, -0.2) is 4.79 Å². The lowest BCUT2D eigenvalue weighted by Crippen LogP contribution is -2.71. The SMILES string of the molecule is CC(=O)OCC1=C(C(=O)O)N2C(=O)C(NC(=O)C(N)c3ccsc3)[C@H]2SC1. The summed E-state index contributed by atoms with van der Waals surface area (Å²) in [5.74, 6) is -2.58. The maximum absolute atomic E-state index is 12.5. The third-order valence-corrected chi connectivity index (χ3v) is 6.22. The average molecular weight is 411 g/mol. The van der Waals surface area contributed by atoms with Crippen LogP contribution in [0.15, 0.2) is 28.1 Å². The van der Waals surface area contributed by atoms with Crippen molar-refractivity contribution < 1.29 is 29.0 Å². The number of aliphatic carboxylic acids is 1. The number of rotatable bonds is 6. The summed E-state index contributed by atoms with van der Waals surface area (Å²) in [6, 6.07) is -0.0244. The van der Waals surface area contributed by atoms with Crippen LogP contribution >= 0.6 is 23.1 Å². The predicted molar refractivity (Wildman–Crippen MR) is 97.6 cm³/mol. The van der Waals surface area contributed by atoms with Gasteiger partial charge in [0.2, 0.25) is 5.91 Å². The number of ether oxygens (including phenoxy) is 1. The van der Waals surface area contributed by atoms with Crippen molar-refractivity contribution in [3.63, 3.8) is 0 Å². The number of nitrogens with one attached hydrogen (secondary N) is 1. The highest BCUT2D eigenvalue weighted by Crippen LogP contribution is 2.40. The number of hydrogen-bond acceptors (Lipinski definition) is 8. The van der Waals surface area contributed by atoms with Crippen LogP contribution in [0.3, 0.4) is 0 Å². The lowest BCUT2D eigenvalue weighted by atomic mass is 10.0. The molecule has 1 aromatic heterocycles. The fourth-order valence-electron chi connectivity index (χ4n) is 2.83. The van der Waals surface area contributed by atoms with Gasteiger partial charge in [-0.1, -0.05) is 0 Å². The minimum atomic E-state index is -1.28. The third-order valence-electron chi connectivity index (χ3n) is 4.18. The van der Waals surface area contributed by atoms with Crippen LogP contribution in [0.25, 0.3) is 0 Å². The lowest BCUT2D eigenvalue weighted by molar-refractivity contribution is -0.151. The fourth-order valence-corrected chi connectivity index (χ4v) is 4.85. The minimum Gasteiger partial charge on any atom is -0.477 e. The Balaban J connectivity index is 1.72. The maximum atomic E-state index is 12.5. The van der Waals surface area contributed by atoms with Crippen molar-refractivity contribution in [3.05, 3.63) is 33.7 Å². The van der Waals surface area contributed by atoms with Gasteiger partial charge in [0.15, 0.2) is 0 Å². The number of esters is 1. The molecule has 11 heteroatoms. The highest BCUT2D eigenvalue weighted by molar-refractivity contribution is 8.00. The number of fused-ring (bicyclic) bond motifs is 1. The molecular formula is C16H17N3O6S2. The van der Waals surface area contributed by atoms with Gasteiger partial charge in [0, 0.05) is 18.2 Å². The van der Waals surface area contributed by atoms with Crippen molar-refractivity contribution >= 4 is 46.9 Å². The lowest BCUT2D eigenvalue weighted by Gasteiger charge is -2.49. The molecule has 2 amide bonds. The van der Waals surface area contributed by atoms with Crippen LogP contribution in [0.4, 0.5) is 0 Å². The van der Waals surface area contributed by atoms with Crippen LogP contribution in [0, 0.1) is 0 Å². The van der Waals surface area contributed by atoms with Crippen molar-refractivity contribution in [3.8, 4) is 0 Å². The molecule has 0 aromatic carbocycles. The second-order valence-corrected chi connectivity index (χ2v) is 7.85. The van der Waals surface area contributed by atoms with E-state index in [1.807, 2.05) is 0 Å². The molecule has 3 atom stereocenters. The topological polar surface area (TPSA) is 139 Å². The molecule has 1 saturated heterocycles. The molecule has 2 unspecified atom stereocenters. The number of nitrogens with zero attached hydrogens (tertiary/aromatic N) is 1. The summed E-state index contributed by atoms with van der Waals surface area (Å²) >= 11 is 2.70. The maximum Gasteiger partial charge on any atom is 0.352 e. The molecule has 27 heavy (non-hydrogen) atoms. The first-order chi connectivity index (χ1) is 12.8. The highest BCUT2D eigenvalue weighted by atomic mass is 32.2. The number of hydrogen-bond donors (Lipinski definition) is 3. The van der Waals surface area contributed by atoms with Crippen molar-refractivity contribution in [2.24, 2.45) is 5.73 Å². The number of thiophene rings is 1. The summed E-state index contributed by atoms with van der Waals surface area (Å²) < 4.78 is 4.87. The number of carbonyl (C=O) groups excluding carboxylic acids is 3. The van der Waals surface area contributed by atoms with Crippen LogP contribution in [0.2, 0.25) is 0 Å². The van der Waals surface area contributed by atoms with Gasteiger partial charge in [-0.05, 0) is 22.4 Å². The van der Waals surface area contributed by atoms with Gasteiger partial charge in [0.05, 0.1) is 0 Å². The molecule has 3 heterocycles. The number of carboxylic acid groups (broad SMARTS) is 1. The van der Waals surface area contributed by atoms with E-state index in [0.717, 1.165) is 4.90 Å². The first-order valence-corrected chi connectivity index (χ1v) is 9.91. The van der Waals surface area contributed by atoms with E-state index < -0.39 is 41.2 Å². The summed E-state index contributed by atoms with van der Waals surface area (Å²) in [6.07, 6.45) is 0. The molecule has 2 aliphatic heterocycles. The van der Waals surface area contributed by atoms with Crippen LogP contribution in [0.1, 0.15) is 18.5 Å². The number of amides is 2. The van der Waals surface area contributed by atoms with Gasteiger partial charge in [-0.15, -0.1) is 11.8 Å². The Morgan fingerprint density at radius 1 is 1.48 bits per heavy atom. The van der Waals surface area contributed by atoms with E-state index in [1.54, 1.807) is 16.8 Å². The van der Waals surface area contributed by atoms with Gasteiger partial charge in [-0.2, -0.15) is 11.3 Å². The van der Waals surface area contributed by atoms with Crippen LogP contribution in [0.5, 0.6) is 0 Å². The Bertz CT molecular complexity index is 822. The van der Waals surface area contributed by atoms with Crippen molar-refractivity contribution in [2.75, 3.05) is 12.4 Å². The average Bonchev–Trinajstić information content (AvgIpc) is 3.16. The molecule has 1 fully saturated rings. The number of carboxylic acids is 1. The second-order valence-electron chi connectivity index (χ2n) is 5.97. The number of β-lactam (4-membered cyclic amide) rings is 1. The molecule has 4 N–H and O–H groups in total. The molecule has 0 spiro atoms. The molecular weight excluding hydrogens is 394 g/mol. The van der Waals surface area contributed by atoms with Gasteiger partial charge < -0.3 is 20.9 Å². The van der Waals surface area contributed by atoms with E-state index in [-0.39, 0.29) is 18.1 Å². The molecule has 144 valence electrons. The van der Waals surface area contributed by atoms with Gasteiger partial charge >= 0.3 is 11.9 Å². The minimum absolute atomic E-state index is 0.194. The summed E-state index contributed by atoms with van der Waals surface area (Å²) in [5.41, 5.74) is 6.69. The van der Waals surface area contributed by atoms with E-state index in [4.69, 9.17) is 10.5 Å². The van der Waals surface area contributed by atoms with E-state index in [9.17, 15) is 24.3 Å². The van der Waals surface area contributed by atoms with E-state index >= 15 is 0 Å². The molecule has 3 rings (SSSR count). The number of carbonyl (C=O) groups is 4. The standard InChI is InChI=1S/C16H17N3O6S2/c1-7(20)25-4-9-6-27-15-11(14(22)19(15)12(9)16(23)24)18-13(21)10(17)8-2-3-26-5-8/h2-3,5,10-11,15H,4,6,17H2,1H3,(H,18,21)(H,23,24)/t10?,11?,15-/m1/s1. The van der Waals surface area contributed by atoms with E-state index in [1.165, 1.54) is 30.0 Å². The smallest absolute Gasteiger partial charge is 0.352 e. The zero-order chi connectivity index (χ0) is 19.7. The Morgan fingerprint density at radius 2 is 2.22 bits per heavy atom. The van der Waals surface area contributed by atoms with Gasteiger partial charge in [0.25, 0.3) is 5.91 Å². The van der Waals surface area contributed by atoms with Gasteiger partial charge in [0.1, 0.15) is 29.8 Å². The van der Waals surface area contributed by atoms with E-state index in [2.05, 4.69) is 5.32 Å². The fraction of sp³-hybridized carbons (Fsp3) is 0.375. The molecule has 0 bridgehead atoms. The first kappa shape index (κ1) is 19.4.